The molecule has 1 aliphatic heterocycles. The molecule has 1 fully saturated rings. The van der Waals surface area contributed by atoms with Crippen LogP contribution in [0.15, 0.2) is 24.3 Å². The molecule has 1 aromatic carbocycles. The van der Waals surface area contributed by atoms with Crippen molar-refractivity contribution >= 4 is 0 Å². The number of nitrogens with zero attached hydrogens (tertiary/aromatic N) is 4. The monoisotopic (exact) mass is 243 g/mol. The molecular formula is C13H17N5. The van der Waals surface area contributed by atoms with Crippen LogP contribution < -0.4 is 5.32 Å². The second-order valence-corrected chi connectivity index (χ2v) is 4.83. The molecule has 1 unspecified atom stereocenters. The van der Waals surface area contributed by atoms with Crippen molar-refractivity contribution < 1.29 is 0 Å². The van der Waals surface area contributed by atoms with Crippen LogP contribution in [0.5, 0.6) is 0 Å². The summed E-state index contributed by atoms with van der Waals surface area (Å²) in [6.07, 6.45) is 2.34. The SMILES string of the molecule is Cc1cccc(-n2nnnc2C2CCCNC2)c1. The van der Waals surface area contributed by atoms with Gasteiger partial charge in [-0.2, -0.15) is 4.68 Å². The minimum atomic E-state index is 0.411. The highest BCUT2D eigenvalue weighted by Crippen LogP contribution is 2.22. The molecular weight excluding hydrogens is 226 g/mol. The van der Waals surface area contributed by atoms with Crippen molar-refractivity contribution in [3.05, 3.63) is 35.7 Å². The highest BCUT2D eigenvalue weighted by Gasteiger charge is 2.22. The van der Waals surface area contributed by atoms with E-state index in [1.54, 1.807) is 0 Å². The third-order valence-corrected chi connectivity index (χ3v) is 3.40. The Hall–Kier alpha value is -1.75. The van der Waals surface area contributed by atoms with Crippen molar-refractivity contribution in [1.82, 2.24) is 25.5 Å². The fraction of sp³-hybridized carbons (Fsp3) is 0.462. The molecule has 94 valence electrons. The van der Waals surface area contributed by atoms with Crippen molar-refractivity contribution in [3.63, 3.8) is 0 Å². The van der Waals surface area contributed by atoms with Gasteiger partial charge in [0.1, 0.15) is 0 Å². The maximum atomic E-state index is 4.21. The van der Waals surface area contributed by atoms with Gasteiger partial charge in [-0.05, 0) is 54.4 Å². The van der Waals surface area contributed by atoms with Gasteiger partial charge in [0.05, 0.1) is 5.69 Å². The first kappa shape index (κ1) is 11.3. The first-order valence-electron chi connectivity index (χ1n) is 6.40. The van der Waals surface area contributed by atoms with Gasteiger partial charge in [-0.25, -0.2) is 0 Å². The number of benzene rings is 1. The van der Waals surface area contributed by atoms with E-state index in [0.29, 0.717) is 5.92 Å². The molecule has 1 atom stereocenters. The molecule has 0 amide bonds. The molecule has 0 aliphatic carbocycles. The van der Waals surface area contributed by atoms with Crippen LogP contribution in [-0.4, -0.2) is 33.3 Å². The molecule has 1 aromatic heterocycles. The average molecular weight is 243 g/mol. The van der Waals surface area contributed by atoms with E-state index in [4.69, 9.17) is 0 Å². The average Bonchev–Trinajstić information content (AvgIpc) is 2.89. The topological polar surface area (TPSA) is 55.6 Å². The van der Waals surface area contributed by atoms with Gasteiger partial charge >= 0.3 is 0 Å². The van der Waals surface area contributed by atoms with Crippen LogP contribution in [0.1, 0.15) is 30.1 Å². The number of piperidine rings is 1. The molecule has 2 aromatic rings. The Morgan fingerprint density at radius 1 is 1.39 bits per heavy atom. The van der Waals surface area contributed by atoms with Gasteiger partial charge in [-0.3, -0.25) is 0 Å². The Labute approximate surface area is 106 Å². The maximum Gasteiger partial charge on any atom is 0.161 e. The molecule has 5 heteroatoms. The molecule has 1 N–H and O–H groups in total. The number of hydrogen-bond donors (Lipinski definition) is 1. The van der Waals surface area contributed by atoms with Crippen molar-refractivity contribution in [2.75, 3.05) is 13.1 Å². The summed E-state index contributed by atoms with van der Waals surface area (Å²) in [5, 5.41) is 15.6. The molecule has 2 heterocycles. The van der Waals surface area contributed by atoms with Crippen LogP contribution in [0.2, 0.25) is 0 Å². The Balaban J connectivity index is 1.95. The smallest absolute Gasteiger partial charge is 0.161 e. The number of rotatable bonds is 2. The lowest BCUT2D eigenvalue weighted by Crippen LogP contribution is -2.30. The van der Waals surface area contributed by atoms with Crippen LogP contribution in [0, 0.1) is 6.92 Å². The van der Waals surface area contributed by atoms with Crippen molar-refractivity contribution in [3.8, 4) is 5.69 Å². The van der Waals surface area contributed by atoms with Gasteiger partial charge in [0.2, 0.25) is 0 Å². The van der Waals surface area contributed by atoms with Crippen LogP contribution >= 0.6 is 0 Å². The molecule has 18 heavy (non-hydrogen) atoms. The first-order chi connectivity index (χ1) is 8.84. The molecule has 1 aliphatic rings. The van der Waals surface area contributed by atoms with E-state index in [0.717, 1.165) is 31.0 Å². The minimum absolute atomic E-state index is 0.411. The van der Waals surface area contributed by atoms with Crippen LogP contribution in [0.25, 0.3) is 5.69 Å². The number of nitrogens with one attached hydrogen (secondary N) is 1. The fourth-order valence-corrected chi connectivity index (χ4v) is 2.46. The molecule has 0 saturated carbocycles. The normalized spacial score (nSPS) is 19.9. The fourth-order valence-electron chi connectivity index (χ4n) is 2.46. The second-order valence-electron chi connectivity index (χ2n) is 4.83. The summed E-state index contributed by atoms with van der Waals surface area (Å²) in [4.78, 5) is 0. The predicted molar refractivity (Wildman–Crippen MR) is 68.7 cm³/mol. The van der Waals surface area contributed by atoms with E-state index in [-0.39, 0.29) is 0 Å². The van der Waals surface area contributed by atoms with Crippen LogP contribution in [-0.2, 0) is 0 Å². The Morgan fingerprint density at radius 3 is 3.11 bits per heavy atom. The van der Waals surface area contributed by atoms with Gasteiger partial charge in [0, 0.05) is 12.5 Å². The van der Waals surface area contributed by atoms with E-state index in [1.807, 2.05) is 16.8 Å². The lowest BCUT2D eigenvalue weighted by atomic mass is 9.99. The highest BCUT2D eigenvalue weighted by molar-refractivity contribution is 5.35. The third kappa shape index (κ3) is 2.13. The summed E-state index contributed by atoms with van der Waals surface area (Å²) >= 11 is 0. The molecule has 0 bridgehead atoms. The zero-order valence-corrected chi connectivity index (χ0v) is 10.5. The summed E-state index contributed by atoms with van der Waals surface area (Å²) < 4.78 is 1.87. The number of aryl methyl sites for hydroxylation is 1. The predicted octanol–water partition coefficient (Wildman–Crippen LogP) is 1.44. The van der Waals surface area contributed by atoms with Crippen LogP contribution in [0.3, 0.4) is 0 Å². The van der Waals surface area contributed by atoms with Gasteiger partial charge in [-0.15, -0.1) is 5.10 Å². The van der Waals surface area contributed by atoms with Crippen LogP contribution in [0.4, 0.5) is 0 Å². The zero-order valence-electron chi connectivity index (χ0n) is 10.5. The lowest BCUT2D eigenvalue weighted by molar-refractivity contribution is 0.440. The van der Waals surface area contributed by atoms with E-state index in [9.17, 15) is 0 Å². The van der Waals surface area contributed by atoms with Gasteiger partial charge in [0.25, 0.3) is 0 Å². The quantitative estimate of drug-likeness (QED) is 0.867. The van der Waals surface area contributed by atoms with Gasteiger partial charge in [0.15, 0.2) is 5.82 Å². The highest BCUT2D eigenvalue weighted by atomic mass is 15.5. The molecule has 1 saturated heterocycles. The maximum absolute atomic E-state index is 4.21. The largest absolute Gasteiger partial charge is 0.316 e. The number of aromatic nitrogens is 4. The minimum Gasteiger partial charge on any atom is -0.316 e. The molecule has 3 rings (SSSR count). The van der Waals surface area contributed by atoms with Gasteiger partial charge < -0.3 is 5.32 Å². The Kier molecular flexibility index (Phi) is 3.06. The summed E-state index contributed by atoms with van der Waals surface area (Å²) in [6.45, 7) is 4.14. The van der Waals surface area contributed by atoms with E-state index >= 15 is 0 Å². The van der Waals surface area contributed by atoms with E-state index < -0.39 is 0 Å². The first-order valence-corrected chi connectivity index (χ1v) is 6.40. The summed E-state index contributed by atoms with van der Waals surface area (Å²) in [5.74, 6) is 1.38. The van der Waals surface area contributed by atoms with Crippen molar-refractivity contribution in [2.24, 2.45) is 0 Å². The summed E-state index contributed by atoms with van der Waals surface area (Å²) in [7, 11) is 0. The third-order valence-electron chi connectivity index (χ3n) is 3.40. The Morgan fingerprint density at radius 2 is 2.33 bits per heavy atom. The lowest BCUT2D eigenvalue weighted by Gasteiger charge is -2.21. The van der Waals surface area contributed by atoms with Crippen molar-refractivity contribution in [1.29, 1.82) is 0 Å². The Bertz CT molecular complexity index is 528. The van der Waals surface area contributed by atoms with Crippen molar-refractivity contribution in [2.45, 2.75) is 25.7 Å². The zero-order chi connectivity index (χ0) is 12.4. The summed E-state index contributed by atoms with van der Waals surface area (Å²) in [5.41, 5.74) is 2.26. The molecule has 5 nitrogen and oxygen atoms in total. The van der Waals surface area contributed by atoms with Gasteiger partial charge in [-0.1, -0.05) is 12.1 Å². The second kappa shape index (κ2) is 4.86. The number of hydrogen-bond acceptors (Lipinski definition) is 4. The summed E-state index contributed by atoms with van der Waals surface area (Å²) in [6, 6.07) is 8.27. The molecule has 0 spiro atoms. The number of tetrazole rings is 1. The molecule has 0 radical (unpaired) electrons. The van der Waals surface area contributed by atoms with E-state index in [1.165, 1.54) is 12.0 Å². The standard InChI is InChI=1S/C13H17N5/c1-10-4-2-6-12(8-10)18-13(15-16-17-18)11-5-3-7-14-9-11/h2,4,6,8,11,14H,3,5,7,9H2,1H3. The van der Waals surface area contributed by atoms with E-state index in [2.05, 4.69) is 39.9 Å².